The Morgan fingerprint density at radius 1 is 1.60 bits per heavy atom. The van der Waals surface area contributed by atoms with Gasteiger partial charge >= 0.3 is 0 Å². The molecule has 1 aliphatic rings. The van der Waals surface area contributed by atoms with E-state index < -0.39 is 17.9 Å². The number of rotatable bonds is 3. The number of morpholine rings is 1. The number of likely N-dealkylation sites (N-methyl/N-ethyl adjacent to an activating group) is 1. The van der Waals surface area contributed by atoms with Gasteiger partial charge in [-0.2, -0.15) is 4.39 Å². The summed E-state index contributed by atoms with van der Waals surface area (Å²) >= 11 is 0. The Labute approximate surface area is 115 Å². The van der Waals surface area contributed by atoms with Crippen LogP contribution in [0, 0.1) is 5.95 Å². The van der Waals surface area contributed by atoms with Gasteiger partial charge < -0.3 is 15.0 Å². The number of amides is 2. The Balaban J connectivity index is 2.19. The molecule has 1 atom stereocenters. The highest BCUT2D eigenvalue weighted by molar-refractivity contribution is 5.97. The van der Waals surface area contributed by atoms with Crippen LogP contribution in [-0.4, -0.2) is 54.0 Å². The maximum Gasteiger partial charge on any atom is 0.254 e. The fraction of sp³-hybridized carbons (Fsp3) is 0.462. The van der Waals surface area contributed by atoms with Gasteiger partial charge in [-0.05, 0) is 13.0 Å². The summed E-state index contributed by atoms with van der Waals surface area (Å²) < 4.78 is 18.3. The van der Waals surface area contributed by atoms with Crippen LogP contribution in [0.5, 0.6) is 0 Å². The molecule has 0 aliphatic carbocycles. The first-order valence-corrected chi connectivity index (χ1v) is 6.41. The second-order valence-electron chi connectivity index (χ2n) is 4.35. The van der Waals surface area contributed by atoms with E-state index in [9.17, 15) is 14.0 Å². The topological polar surface area (TPSA) is 71.5 Å². The van der Waals surface area contributed by atoms with Gasteiger partial charge in [-0.15, -0.1) is 0 Å². The Hall–Kier alpha value is -2.02. The van der Waals surface area contributed by atoms with Crippen LogP contribution in [-0.2, 0) is 9.53 Å². The third-order valence-corrected chi connectivity index (χ3v) is 3.02. The van der Waals surface area contributed by atoms with Crippen molar-refractivity contribution in [2.45, 2.75) is 13.0 Å². The number of nitrogens with zero attached hydrogens (tertiary/aromatic N) is 2. The van der Waals surface area contributed by atoms with E-state index in [-0.39, 0.29) is 18.1 Å². The van der Waals surface area contributed by atoms with Gasteiger partial charge in [-0.1, -0.05) is 0 Å². The van der Waals surface area contributed by atoms with E-state index in [4.69, 9.17) is 4.74 Å². The lowest BCUT2D eigenvalue weighted by molar-refractivity contribution is -0.130. The van der Waals surface area contributed by atoms with Crippen molar-refractivity contribution in [3.8, 4) is 0 Å². The largest absolute Gasteiger partial charge is 0.377 e. The van der Waals surface area contributed by atoms with Crippen molar-refractivity contribution < 1.29 is 18.7 Å². The number of ether oxygens (including phenoxy) is 1. The quantitative estimate of drug-likeness (QED) is 0.803. The summed E-state index contributed by atoms with van der Waals surface area (Å²) in [6, 6.07) is 1.80. The molecule has 2 heterocycles. The molecular weight excluding hydrogens is 265 g/mol. The lowest BCUT2D eigenvalue weighted by atomic mass is 10.1. The number of nitrogens with one attached hydrogen (secondary N) is 1. The normalized spacial score (nSPS) is 18.7. The molecular formula is C13H16FN3O3. The van der Waals surface area contributed by atoms with Gasteiger partial charge in [0.2, 0.25) is 11.9 Å². The van der Waals surface area contributed by atoms with E-state index >= 15 is 0 Å². The molecule has 0 spiro atoms. The first kappa shape index (κ1) is 14.4. The molecule has 0 bridgehead atoms. The van der Waals surface area contributed by atoms with Gasteiger partial charge in [0.15, 0.2) is 0 Å². The van der Waals surface area contributed by atoms with E-state index in [0.717, 1.165) is 6.07 Å². The number of hydrogen-bond acceptors (Lipinski definition) is 4. The average molecular weight is 281 g/mol. The van der Waals surface area contributed by atoms with E-state index in [2.05, 4.69) is 10.3 Å². The third-order valence-electron chi connectivity index (χ3n) is 3.02. The van der Waals surface area contributed by atoms with Crippen molar-refractivity contribution in [2.24, 2.45) is 0 Å². The zero-order valence-electron chi connectivity index (χ0n) is 11.1. The van der Waals surface area contributed by atoms with Gasteiger partial charge in [0.1, 0.15) is 6.04 Å². The standard InChI is InChI=1S/C13H16FN3O3/c1-2-15-12(18)10-8-20-6-5-17(10)13(19)9-3-4-16-11(14)7-9/h3-4,7,10H,2,5-6,8H2,1H3,(H,15,18). The summed E-state index contributed by atoms with van der Waals surface area (Å²) in [6.07, 6.45) is 1.23. The highest BCUT2D eigenvalue weighted by Gasteiger charge is 2.33. The van der Waals surface area contributed by atoms with Gasteiger partial charge in [-0.25, -0.2) is 4.98 Å². The number of carbonyl (C=O) groups is 2. The molecule has 1 aromatic heterocycles. The van der Waals surface area contributed by atoms with Crippen molar-refractivity contribution in [2.75, 3.05) is 26.3 Å². The Morgan fingerprint density at radius 3 is 3.10 bits per heavy atom. The second kappa shape index (κ2) is 6.42. The molecule has 2 amide bonds. The van der Waals surface area contributed by atoms with Gasteiger partial charge in [0.25, 0.3) is 5.91 Å². The summed E-state index contributed by atoms with van der Waals surface area (Å²) in [5.74, 6) is -1.39. The molecule has 0 radical (unpaired) electrons. The van der Waals surface area contributed by atoms with Crippen molar-refractivity contribution >= 4 is 11.8 Å². The molecule has 1 unspecified atom stereocenters. The monoisotopic (exact) mass is 281 g/mol. The fourth-order valence-corrected chi connectivity index (χ4v) is 2.06. The predicted octanol–water partition coefficient (Wildman–Crippen LogP) is 0.198. The minimum absolute atomic E-state index is 0.144. The van der Waals surface area contributed by atoms with Crippen LogP contribution in [0.2, 0.25) is 0 Å². The maximum atomic E-state index is 13.1. The first-order valence-electron chi connectivity index (χ1n) is 6.41. The van der Waals surface area contributed by atoms with E-state index in [1.807, 2.05) is 0 Å². The molecule has 1 aromatic rings. The highest BCUT2D eigenvalue weighted by Crippen LogP contribution is 2.13. The third kappa shape index (κ3) is 3.11. The van der Waals surface area contributed by atoms with Crippen molar-refractivity contribution in [3.63, 3.8) is 0 Å². The SMILES string of the molecule is CCNC(=O)C1COCCN1C(=O)c1ccnc(F)c1. The number of pyridine rings is 1. The number of hydrogen-bond donors (Lipinski definition) is 1. The molecule has 1 fully saturated rings. The Kier molecular flexibility index (Phi) is 4.62. The summed E-state index contributed by atoms with van der Waals surface area (Å²) in [5.41, 5.74) is 0.175. The van der Waals surface area contributed by atoms with Crippen LogP contribution in [0.15, 0.2) is 18.3 Å². The molecule has 20 heavy (non-hydrogen) atoms. The summed E-state index contributed by atoms with van der Waals surface area (Å²) in [5, 5.41) is 2.66. The molecule has 108 valence electrons. The molecule has 0 aromatic carbocycles. The molecule has 7 heteroatoms. The van der Waals surface area contributed by atoms with Crippen LogP contribution in [0.25, 0.3) is 0 Å². The summed E-state index contributed by atoms with van der Waals surface area (Å²) in [7, 11) is 0. The smallest absolute Gasteiger partial charge is 0.254 e. The minimum atomic E-state index is -0.723. The predicted molar refractivity (Wildman–Crippen MR) is 68.5 cm³/mol. The van der Waals surface area contributed by atoms with Crippen molar-refractivity contribution in [3.05, 3.63) is 29.8 Å². The molecule has 0 saturated carbocycles. The lowest BCUT2D eigenvalue weighted by Gasteiger charge is -2.34. The average Bonchev–Trinajstić information content (AvgIpc) is 2.47. The number of carbonyl (C=O) groups excluding carboxylic acids is 2. The summed E-state index contributed by atoms with van der Waals surface area (Å²) in [4.78, 5) is 29.1. The lowest BCUT2D eigenvalue weighted by Crippen LogP contribution is -2.55. The van der Waals surface area contributed by atoms with Gasteiger partial charge in [0.05, 0.1) is 13.2 Å². The van der Waals surface area contributed by atoms with E-state index in [0.29, 0.717) is 19.7 Å². The minimum Gasteiger partial charge on any atom is -0.377 e. The van der Waals surface area contributed by atoms with Crippen LogP contribution in [0.1, 0.15) is 17.3 Å². The molecule has 1 aliphatic heterocycles. The fourth-order valence-electron chi connectivity index (χ4n) is 2.06. The Morgan fingerprint density at radius 2 is 2.40 bits per heavy atom. The highest BCUT2D eigenvalue weighted by atomic mass is 19.1. The van der Waals surface area contributed by atoms with Crippen LogP contribution in [0.3, 0.4) is 0 Å². The van der Waals surface area contributed by atoms with Crippen LogP contribution < -0.4 is 5.32 Å². The van der Waals surface area contributed by atoms with Crippen molar-refractivity contribution in [1.29, 1.82) is 0 Å². The van der Waals surface area contributed by atoms with Crippen LogP contribution >= 0.6 is 0 Å². The number of halogens is 1. The van der Waals surface area contributed by atoms with E-state index in [1.165, 1.54) is 17.2 Å². The second-order valence-corrected chi connectivity index (χ2v) is 4.35. The van der Waals surface area contributed by atoms with Crippen LogP contribution in [0.4, 0.5) is 4.39 Å². The van der Waals surface area contributed by atoms with Gasteiger partial charge in [-0.3, -0.25) is 9.59 Å². The molecule has 1 saturated heterocycles. The number of aromatic nitrogens is 1. The Bertz CT molecular complexity index is 509. The molecule has 2 rings (SSSR count). The summed E-state index contributed by atoms with van der Waals surface area (Å²) in [6.45, 7) is 3.07. The first-order chi connectivity index (χ1) is 9.63. The zero-order valence-corrected chi connectivity index (χ0v) is 11.1. The van der Waals surface area contributed by atoms with Gasteiger partial charge in [0, 0.05) is 30.9 Å². The molecule has 6 nitrogen and oxygen atoms in total. The molecule has 1 N–H and O–H groups in total. The van der Waals surface area contributed by atoms with Crippen molar-refractivity contribution in [1.82, 2.24) is 15.2 Å². The van der Waals surface area contributed by atoms with E-state index in [1.54, 1.807) is 6.92 Å². The zero-order chi connectivity index (χ0) is 14.5. The maximum absolute atomic E-state index is 13.1.